The molecule has 2 aromatic rings. The zero-order valence-electron chi connectivity index (χ0n) is 19.2. The van der Waals surface area contributed by atoms with E-state index in [0.717, 1.165) is 62.7 Å². The molecule has 31 heavy (non-hydrogen) atoms. The third-order valence-electron chi connectivity index (χ3n) is 4.89. The standard InChI is InChI=1S/C23H37N5O2.HI/c1-5-21-27-22(30-28-21)20-9-7-18(8-10-20)11-13-25-23(24-6-2)26-16-19(12-14-29)15-17(3)4;/h7-10,17,19,29H,5-6,11-16H2,1-4H3,(H2,24,25,26);1H. The van der Waals surface area contributed by atoms with Crippen molar-refractivity contribution in [2.45, 2.75) is 53.4 Å². The number of hydrogen-bond acceptors (Lipinski definition) is 5. The molecule has 1 atom stereocenters. The van der Waals surface area contributed by atoms with Gasteiger partial charge in [-0.1, -0.05) is 38.1 Å². The highest BCUT2D eigenvalue weighted by Gasteiger charge is 2.11. The van der Waals surface area contributed by atoms with Crippen molar-refractivity contribution in [3.63, 3.8) is 0 Å². The first-order valence-electron chi connectivity index (χ1n) is 11.1. The van der Waals surface area contributed by atoms with Crippen molar-refractivity contribution >= 4 is 29.9 Å². The number of aliphatic imine (C=N–C) groups is 1. The molecular weight excluding hydrogens is 505 g/mol. The van der Waals surface area contributed by atoms with Crippen LogP contribution in [0, 0.1) is 11.8 Å². The number of aromatic nitrogens is 2. The Morgan fingerprint density at radius 2 is 1.90 bits per heavy atom. The van der Waals surface area contributed by atoms with E-state index in [1.807, 2.05) is 19.1 Å². The number of hydrogen-bond donors (Lipinski definition) is 3. The highest BCUT2D eigenvalue weighted by Crippen LogP contribution is 2.18. The van der Waals surface area contributed by atoms with Crippen LogP contribution in [0.5, 0.6) is 0 Å². The van der Waals surface area contributed by atoms with Crippen molar-refractivity contribution in [2.24, 2.45) is 16.8 Å². The Kier molecular flexibility index (Phi) is 13.4. The average molecular weight is 543 g/mol. The zero-order chi connectivity index (χ0) is 21.8. The molecule has 1 aromatic carbocycles. The van der Waals surface area contributed by atoms with Crippen LogP contribution in [0.15, 0.2) is 33.8 Å². The zero-order valence-corrected chi connectivity index (χ0v) is 21.6. The molecular formula is C23H38IN5O2. The van der Waals surface area contributed by atoms with Crippen LogP contribution in [0.2, 0.25) is 0 Å². The van der Waals surface area contributed by atoms with E-state index < -0.39 is 0 Å². The van der Waals surface area contributed by atoms with Crippen molar-refractivity contribution < 1.29 is 9.63 Å². The summed E-state index contributed by atoms with van der Waals surface area (Å²) in [5.41, 5.74) is 2.17. The van der Waals surface area contributed by atoms with Crippen molar-refractivity contribution in [3.05, 3.63) is 35.7 Å². The largest absolute Gasteiger partial charge is 0.396 e. The Morgan fingerprint density at radius 1 is 1.16 bits per heavy atom. The molecule has 0 spiro atoms. The van der Waals surface area contributed by atoms with Gasteiger partial charge in [0.25, 0.3) is 5.89 Å². The van der Waals surface area contributed by atoms with Gasteiger partial charge < -0.3 is 20.3 Å². The van der Waals surface area contributed by atoms with E-state index in [4.69, 9.17) is 9.52 Å². The summed E-state index contributed by atoms with van der Waals surface area (Å²) in [5, 5.41) is 20.0. The van der Waals surface area contributed by atoms with Crippen LogP contribution in [0.25, 0.3) is 11.5 Å². The minimum absolute atomic E-state index is 0. The maximum atomic E-state index is 9.30. The number of rotatable bonds is 12. The monoisotopic (exact) mass is 543 g/mol. The van der Waals surface area contributed by atoms with Crippen molar-refractivity contribution in [3.8, 4) is 11.5 Å². The van der Waals surface area contributed by atoms with Gasteiger partial charge in [-0.05, 0) is 55.7 Å². The molecule has 0 aliphatic heterocycles. The number of nitrogens with one attached hydrogen (secondary N) is 2. The number of halogens is 1. The lowest BCUT2D eigenvalue weighted by molar-refractivity contribution is 0.245. The van der Waals surface area contributed by atoms with E-state index in [2.05, 4.69) is 53.7 Å². The van der Waals surface area contributed by atoms with Crippen molar-refractivity contribution in [2.75, 3.05) is 26.2 Å². The van der Waals surface area contributed by atoms with Gasteiger partial charge in [-0.2, -0.15) is 4.98 Å². The highest BCUT2D eigenvalue weighted by atomic mass is 127. The van der Waals surface area contributed by atoms with Crippen LogP contribution >= 0.6 is 24.0 Å². The lowest BCUT2D eigenvalue weighted by Gasteiger charge is -2.17. The molecule has 0 fully saturated rings. The maximum absolute atomic E-state index is 9.30. The Balaban J connectivity index is 0.00000480. The van der Waals surface area contributed by atoms with Gasteiger partial charge in [-0.3, -0.25) is 4.99 Å². The molecule has 2 rings (SSSR count). The van der Waals surface area contributed by atoms with Crippen LogP contribution in [0.3, 0.4) is 0 Å². The summed E-state index contributed by atoms with van der Waals surface area (Å²) >= 11 is 0. The second-order valence-electron chi connectivity index (χ2n) is 7.97. The fourth-order valence-electron chi connectivity index (χ4n) is 3.35. The summed E-state index contributed by atoms with van der Waals surface area (Å²) < 4.78 is 5.30. The average Bonchev–Trinajstić information content (AvgIpc) is 3.21. The number of guanidine groups is 1. The molecule has 0 bridgehead atoms. The van der Waals surface area contributed by atoms with Crippen LogP contribution in [0.1, 0.15) is 51.9 Å². The first kappa shape index (κ1) is 27.4. The predicted molar refractivity (Wildman–Crippen MR) is 137 cm³/mol. The van der Waals surface area contributed by atoms with E-state index in [9.17, 15) is 5.11 Å². The number of nitrogens with zero attached hydrogens (tertiary/aromatic N) is 3. The van der Waals surface area contributed by atoms with Crippen LogP contribution in [-0.4, -0.2) is 47.4 Å². The number of aryl methyl sites for hydroxylation is 1. The Hall–Kier alpha value is -1.68. The normalized spacial score (nSPS) is 12.5. The third kappa shape index (κ3) is 9.99. The summed E-state index contributed by atoms with van der Waals surface area (Å²) in [6, 6.07) is 8.23. The molecule has 8 heteroatoms. The van der Waals surface area contributed by atoms with Gasteiger partial charge in [0.15, 0.2) is 11.8 Å². The van der Waals surface area contributed by atoms with Gasteiger partial charge in [-0.15, -0.1) is 24.0 Å². The lowest BCUT2D eigenvalue weighted by Crippen LogP contribution is -2.38. The molecule has 0 amide bonds. The molecule has 7 nitrogen and oxygen atoms in total. The fourth-order valence-corrected chi connectivity index (χ4v) is 3.35. The first-order chi connectivity index (χ1) is 14.5. The van der Waals surface area contributed by atoms with Crippen LogP contribution < -0.4 is 10.6 Å². The molecule has 1 aromatic heterocycles. The molecule has 174 valence electrons. The molecule has 0 saturated carbocycles. The summed E-state index contributed by atoms with van der Waals surface area (Å²) in [5.74, 6) is 3.14. The lowest BCUT2D eigenvalue weighted by atomic mass is 9.94. The second kappa shape index (κ2) is 15.2. The molecule has 0 aliphatic carbocycles. The SMILES string of the molecule is CCNC(=NCC(CCO)CC(C)C)NCCc1ccc(-c2nc(CC)no2)cc1.I. The van der Waals surface area contributed by atoms with Gasteiger partial charge in [0.2, 0.25) is 0 Å². The highest BCUT2D eigenvalue weighted by molar-refractivity contribution is 14.0. The smallest absolute Gasteiger partial charge is 0.257 e. The maximum Gasteiger partial charge on any atom is 0.257 e. The summed E-state index contributed by atoms with van der Waals surface area (Å²) in [6.45, 7) is 11.1. The van der Waals surface area contributed by atoms with Gasteiger partial charge >= 0.3 is 0 Å². The topological polar surface area (TPSA) is 95.6 Å². The molecule has 1 unspecified atom stereocenters. The van der Waals surface area contributed by atoms with Gasteiger partial charge in [-0.25, -0.2) is 0 Å². The van der Waals surface area contributed by atoms with E-state index >= 15 is 0 Å². The molecule has 1 heterocycles. The number of benzene rings is 1. The van der Waals surface area contributed by atoms with Crippen LogP contribution in [-0.2, 0) is 12.8 Å². The summed E-state index contributed by atoms with van der Waals surface area (Å²) in [4.78, 5) is 9.11. The fraction of sp³-hybridized carbons (Fsp3) is 0.609. The summed E-state index contributed by atoms with van der Waals surface area (Å²) in [6.07, 6.45) is 3.53. The minimum atomic E-state index is 0. The molecule has 0 saturated heterocycles. The minimum Gasteiger partial charge on any atom is -0.396 e. The van der Waals surface area contributed by atoms with E-state index in [0.29, 0.717) is 17.7 Å². The van der Waals surface area contributed by atoms with Gasteiger partial charge in [0.1, 0.15) is 0 Å². The second-order valence-corrected chi connectivity index (χ2v) is 7.97. The number of aliphatic hydroxyl groups is 1. The van der Waals surface area contributed by atoms with Gasteiger partial charge in [0, 0.05) is 38.2 Å². The third-order valence-corrected chi connectivity index (χ3v) is 4.89. The van der Waals surface area contributed by atoms with E-state index in [1.54, 1.807) is 0 Å². The predicted octanol–water partition coefficient (Wildman–Crippen LogP) is 4.06. The molecule has 3 N–H and O–H groups in total. The molecule has 0 radical (unpaired) electrons. The Bertz CT molecular complexity index is 762. The summed E-state index contributed by atoms with van der Waals surface area (Å²) in [7, 11) is 0. The van der Waals surface area contributed by atoms with E-state index in [-0.39, 0.29) is 30.6 Å². The molecule has 0 aliphatic rings. The quantitative estimate of drug-likeness (QED) is 0.212. The van der Waals surface area contributed by atoms with Crippen LogP contribution in [0.4, 0.5) is 0 Å². The van der Waals surface area contributed by atoms with E-state index in [1.165, 1.54) is 5.56 Å². The Morgan fingerprint density at radius 3 is 2.48 bits per heavy atom. The van der Waals surface area contributed by atoms with Crippen molar-refractivity contribution in [1.29, 1.82) is 0 Å². The van der Waals surface area contributed by atoms with Crippen molar-refractivity contribution in [1.82, 2.24) is 20.8 Å². The first-order valence-corrected chi connectivity index (χ1v) is 11.1. The van der Waals surface area contributed by atoms with Gasteiger partial charge in [0.05, 0.1) is 0 Å². The Labute approximate surface area is 203 Å². The number of aliphatic hydroxyl groups excluding tert-OH is 1.